The van der Waals surface area contributed by atoms with E-state index in [1.807, 2.05) is 46.4 Å². The lowest BCUT2D eigenvalue weighted by Gasteiger charge is -2.37. The van der Waals surface area contributed by atoms with Gasteiger partial charge in [-0.05, 0) is 87.6 Å². The highest BCUT2D eigenvalue weighted by Crippen LogP contribution is 2.32. The molecule has 35 heavy (non-hydrogen) atoms. The molecule has 9 nitrogen and oxygen atoms in total. The molecule has 3 N–H and O–H groups in total. The molecule has 1 saturated heterocycles. The molecule has 2 heterocycles. The van der Waals surface area contributed by atoms with Crippen LogP contribution in [0.5, 0.6) is 0 Å². The van der Waals surface area contributed by atoms with Crippen molar-refractivity contribution in [1.29, 1.82) is 0 Å². The Morgan fingerprint density at radius 3 is 2.03 bits per heavy atom. The van der Waals surface area contributed by atoms with Crippen LogP contribution in [0.3, 0.4) is 0 Å². The van der Waals surface area contributed by atoms with Gasteiger partial charge in [-0.15, -0.1) is 0 Å². The average molecular weight is 500 g/mol. The Balaban J connectivity index is 1.45. The van der Waals surface area contributed by atoms with E-state index in [1.165, 1.54) is 4.31 Å². The van der Waals surface area contributed by atoms with Gasteiger partial charge in [0.2, 0.25) is 15.9 Å². The largest absolute Gasteiger partial charge is 0.325 e. The molecular weight excluding hydrogens is 466 g/mol. The lowest BCUT2D eigenvalue weighted by molar-refractivity contribution is -0.121. The van der Waals surface area contributed by atoms with Crippen molar-refractivity contribution >= 4 is 32.7 Å². The Hall–Kier alpha value is -2.95. The molecule has 1 fully saturated rings. The van der Waals surface area contributed by atoms with E-state index >= 15 is 0 Å². The van der Waals surface area contributed by atoms with Gasteiger partial charge < -0.3 is 15.3 Å². The Morgan fingerprint density at radius 1 is 0.886 bits per heavy atom. The molecule has 0 aliphatic carbocycles. The van der Waals surface area contributed by atoms with Gasteiger partial charge in [-0.25, -0.2) is 13.2 Å². The van der Waals surface area contributed by atoms with Crippen LogP contribution in [-0.4, -0.2) is 65.7 Å². The third-order valence-electron chi connectivity index (χ3n) is 7.51. The van der Waals surface area contributed by atoms with Crippen LogP contribution in [0.25, 0.3) is 11.0 Å². The van der Waals surface area contributed by atoms with Gasteiger partial charge in [-0.2, -0.15) is 4.31 Å². The number of aromatic nitrogens is 2. The SMILES string of the molecule is Cc1c(C)c(C)c(S(=O)(=O)N2CCN(C(C)C(=O)Nc3ccc4[nH]c(=O)[nH]c4c3)CC2)c(C)c1C. The first-order valence-corrected chi connectivity index (χ1v) is 13.2. The number of sulfonamides is 1. The molecule has 10 heteroatoms. The number of carbonyl (C=O) groups excluding carboxylic acids is 1. The standard InChI is InChI=1S/C25H33N5O4S/c1-14-15(2)17(4)23(18(5)16(14)3)35(33,34)30-11-9-29(10-12-30)19(6)24(31)26-20-7-8-21-22(13-20)28-25(32)27-21/h7-8,13,19H,9-12H2,1-6H3,(H,26,31)(H2,27,28,32). The fourth-order valence-electron chi connectivity index (χ4n) is 4.84. The Bertz CT molecular complexity index is 1430. The van der Waals surface area contributed by atoms with Crippen molar-refractivity contribution in [2.75, 3.05) is 31.5 Å². The van der Waals surface area contributed by atoms with E-state index in [2.05, 4.69) is 15.3 Å². The quantitative estimate of drug-likeness (QED) is 0.499. The molecule has 1 aliphatic heterocycles. The number of carbonyl (C=O) groups is 1. The Labute approximate surface area is 205 Å². The van der Waals surface area contributed by atoms with Crippen LogP contribution in [0.1, 0.15) is 34.7 Å². The second-order valence-corrected chi connectivity index (χ2v) is 11.3. The molecule has 4 rings (SSSR count). The number of H-pyrrole nitrogens is 2. The normalized spacial score (nSPS) is 16.5. The minimum Gasteiger partial charge on any atom is -0.325 e. The Morgan fingerprint density at radius 2 is 1.43 bits per heavy atom. The molecule has 188 valence electrons. The summed E-state index contributed by atoms with van der Waals surface area (Å²) in [6.45, 7) is 13.1. The monoisotopic (exact) mass is 499 g/mol. The van der Waals surface area contributed by atoms with Crippen LogP contribution < -0.4 is 11.0 Å². The summed E-state index contributed by atoms with van der Waals surface area (Å²) in [5.74, 6) is -0.185. The number of aromatic amines is 2. The predicted octanol–water partition coefficient (Wildman–Crippen LogP) is 2.73. The van der Waals surface area contributed by atoms with Crippen LogP contribution in [0.2, 0.25) is 0 Å². The number of rotatable bonds is 5. The van der Waals surface area contributed by atoms with Crippen LogP contribution in [-0.2, 0) is 14.8 Å². The van der Waals surface area contributed by atoms with Gasteiger partial charge in [-0.1, -0.05) is 0 Å². The summed E-state index contributed by atoms with van der Waals surface area (Å²) >= 11 is 0. The summed E-state index contributed by atoms with van der Waals surface area (Å²) in [6.07, 6.45) is 0. The van der Waals surface area contributed by atoms with Crippen LogP contribution in [0.4, 0.5) is 5.69 Å². The van der Waals surface area contributed by atoms with Gasteiger partial charge in [0.15, 0.2) is 0 Å². The Kier molecular flexibility index (Phi) is 6.65. The number of nitrogens with one attached hydrogen (secondary N) is 3. The summed E-state index contributed by atoms with van der Waals surface area (Å²) in [4.78, 5) is 32.1. The summed E-state index contributed by atoms with van der Waals surface area (Å²) < 4.78 is 28.7. The number of hydrogen-bond acceptors (Lipinski definition) is 5. The number of benzene rings is 2. The van der Waals surface area contributed by atoms with Crippen LogP contribution >= 0.6 is 0 Å². The van der Waals surface area contributed by atoms with E-state index in [-0.39, 0.29) is 11.6 Å². The second kappa shape index (κ2) is 9.25. The van der Waals surface area contributed by atoms with E-state index in [4.69, 9.17) is 0 Å². The smallest absolute Gasteiger partial charge is 0.323 e. The third-order valence-corrected chi connectivity index (χ3v) is 9.69. The van der Waals surface area contributed by atoms with Crippen LogP contribution in [0.15, 0.2) is 27.9 Å². The van der Waals surface area contributed by atoms with E-state index in [0.717, 1.165) is 27.8 Å². The highest BCUT2D eigenvalue weighted by atomic mass is 32.2. The number of imidazole rings is 1. The van der Waals surface area contributed by atoms with Crippen molar-refractivity contribution < 1.29 is 13.2 Å². The maximum absolute atomic E-state index is 13.6. The highest BCUT2D eigenvalue weighted by Gasteiger charge is 2.34. The highest BCUT2D eigenvalue weighted by molar-refractivity contribution is 7.89. The number of fused-ring (bicyclic) bond motifs is 1. The van der Waals surface area contributed by atoms with Crippen molar-refractivity contribution in [3.63, 3.8) is 0 Å². The van der Waals surface area contributed by atoms with Gasteiger partial charge in [0.1, 0.15) is 0 Å². The van der Waals surface area contributed by atoms with E-state index in [1.54, 1.807) is 18.2 Å². The first-order valence-electron chi connectivity index (χ1n) is 11.8. The molecule has 1 amide bonds. The molecule has 0 spiro atoms. The first kappa shape index (κ1) is 25.2. The molecule has 3 aromatic rings. The van der Waals surface area contributed by atoms with Gasteiger partial charge in [0.25, 0.3) is 0 Å². The predicted molar refractivity (Wildman–Crippen MR) is 137 cm³/mol. The van der Waals surface area contributed by atoms with Crippen LogP contribution in [0, 0.1) is 34.6 Å². The van der Waals surface area contributed by atoms with E-state index < -0.39 is 16.1 Å². The van der Waals surface area contributed by atoms with E-state index in [0.29, 0.717) is 47.8 Å². The zero-order valence-corrected chi connectivity index (χ0v) is 21.9. The molecule has 1 aromatic heterocycles. The molecule has 1 aliphatic rings. The van der Waals surface area contributed by atoms with Crippen molar-refractivity contribution in [2.24, 2.45) is 0 Å². The first-order chi connectivity index (χ1) is 16.4. The minimum absolute atomic E-state index is 0.185. The topological polar surface area (TPSA) is 118 Å². The number of piperazine rings is 1. The molecule has 1 atom stereocenters. The minimum atomic E-state index is -3.65. The number of nitrogens with zero attached hydrogens (tertiary/aromatic N) is 2. The second-order valence-electron chi connectivity index (χ2n) is 9.40. The maximum Gasteiger partial charge on any atom is 0.323 e. The van der Waals surface area contributed by atoms with Gasteiger partial charge in [0, 0.05) is 31.9 Å². The lowest BCUT2D eigenvalue weighted by atomic mass is 9.95. The van der Waals surface area contributed by atoms with Gasteiger partial charge in [0.05, 0.1) is 22.0 Å². The summed E-state index contributed by atoms with van der Waals surface area (Å²) in [7, 11) is -3.65. The zero-order chi connectivity index (χ0) is 25.7. The molecule has 0 radical (unpaired) electrons. The lowest BCUT2D eigenvalue weighted by Crippen LogP contribution is -2.54. The van der Waals surface area contributed by atoms with E-state index in [9.17, 15) is 18.0 Å². The maximum atomic E-state index is 13.6. The van der Waals surface area contributed by atoms with Gasteiger partial charge >= 0.3 is 5.69 Å². The fourth-order valence-corrected chi connectivity index (χ4v) is 6.82. The number of amides is 1. The summed E-state index contributed by atoms with van der Waals surface area (Å²) in [5.41, 5.74) is 6.34. The molecular formula is C25H33N5O4S. The number of hydrogen-bond donors (Lipinski definition) is 3. The van der Waals surface area contributed by atoms with Crippen molar-refractivity contribution in [1.82, 2.24) is 19.2 Å². The molecule has 0 saturated carbocycles. The molecule has 0 bridgehead atoms. The van der Waals surface area contributed by atoms with Crippen molar-refractivity contribution in [3.8, 4) is 0 Å². The molecule has 1 unspecified atom stereocenters. The third kappa shape index (κ3) is 4.53. The number of anilines is 1. The molecule has 2 aromatic carbocycles. The fraction of sp³-hybridized carbons (Fsp3) is 0.440. The van der Waals surface area contributed by atoms with Gasteiger partial charge in [-0.3, -0.25) is 9.69 Å². The van der Waals surface area contributed by atoms with Crippen molar-refractivity contribution in [3.05, 3.63) is 56.5 Å². The summed E-state index contributed by atoms with van der Waals surface area (Å²) in [6, 6.07) is 4.74. The summed E-state index contributed by atoms with van der Waals surface area (Å²) in [5, 5.41) is 2.89. The average Bonchev–Trinajstić information content (AvgIpc) is 3.20. The van der Waals surface area contributed by atoms with Crippen molar-refractivity contribution in [2.45, 2.75) is 52.5 Å². The zero-order valence-electron chi connectivity index (χ0n) is 21.1.